The number of aliphatic imine (C=N–C) groups is 1. The number of hydrogen-bond acceptors (Lipinski definition) is 2. The van der Waals surface area contributed by atoms with Crippen LogP contribution in [-0.2, 0) is 13.1 Å². The van der Waals surface area contributed by atoms with Crippen LogP contribution in [-0.4, -0.2) is 39.5 Å². The van der Waals surface area contributed by atoms with Crippen LogP contribution in [0.5, 0.6) is 0 Å². The summed E-state index contributed by atoms with van der Waals surface area (Å²) in [6.07, 6.45) is 5.65. The molecule has 1 aliphatic heterocycles. The monoisotopic (exact) mass is 467 g/mol. The lowest BCUT2D eigenvalue weighted by atomic mass is 9.65. The number of hydrogen-bond donors (Lipinski definition) is 1. The van der Waals surface area contributed by atoms with Crippen LogP contribution >= 0.6 is 24.0 Å². The molecule has 2 aromatic rings. The Balaban J connectivity index is 0.00000243. The Morgan fingerprint density at radius 1 is 1.23 bits per heavy atom. The van der Waals surface area contributed by atoms with Crippen molar-refractivity contribution in [1.82, 2.24) is 19.8 Å². The Morgan fingerprint density at radius 3 is 2.54 bits per heavy atom. The number of aromatic nitrogens is 2. The second-order valence-corrected chi connectivity index (χ2v) is 7.98. The van der Waals surface area contributed by atoms with Crippen LogP contribution in [0.1, 0.15) is 38.8 Å². The average Bonchev–Trinajstić information content (AvgIpc) is 3.07. The molecule has 0 spiro atoms. The van der Waals surface area contributed by atoms with Gasteiger partial charge in [0.1, 0.15) is 0 Å². The van der Waals surface area contributed by atoms with Crippen molar-refractivity contribution in [3.63, 3.8) is 0 Å². The summed E-state index contributed by atoms with van der Waals surface area (Å²) in [6.45, 7) is 11.9. The van der Waals surface area contributed by atoms with Crippen LogP contribution in [0.2, 0.25) is 0 Å². The Bertz CT molecular complexity index is 749. The molecule has 1 aromatic carbocycles. The molecular weight excluding hydrogens is 437 g/mol. The first-order valence-electron chi connectivity index (χ1n) is 8.85. The maximum Gasteiger partial charge on any atom is 0.194 e. The molecule has 142 valence electrons. The number of rotatable bonds is 4. The van der Waals surface area contributed by atoms with Gasteiger partial charge < -0.3 is 14.8 Å². The van der Waals surface area contributed by atoms with E-state index in [1.807, 2.05) is 25.8 Å². The molecule has 26 heavy (non-hydrogen) atoms. The molecule has 0 atom stereocenters. The lowest BCUT2D eigenvalue weighted by Crippen LogP contribution is -2.72. The minimum absolute atomic E-state index is 0. The van der Waals surface area contributed by atoms with Gasteiger partial charge in [-0.1, -0.05) is 38.1 Å². The van der Waals surface area contributed by atoms with Crippen molar-refractivity contribution in [3.05, 3.63) is 54.1 Å². The molecule has 1 saturated heterocycles. The molecule has 6 heteroatoms. The largest absolute Gasteiger partial charge is 0.352 e. The number of imidazole rings is 1. The van der Waals surface area contributed by atoms with Crippen molar-refractivity contribution in [3.8, 4) is 0 Å². The zero-order chi connectivity index (χ0) is 18.1. The van der Waals surface area contributed by atoms with Crippen LogP contribution in [0.3, 0.4) is 0 Å². The maximum absolute atomic E-state index is 4.49. The summed E-state index contributed by atoms with van der Waals surface area (Å²) in [5, 5.41) is 3.52. The van der Waals surface area contributed by atoms with E-state index in [4.69, 9.17) is 0 Å². The van der Waals surface area contributed by atoms with Gasteiger partial charge in [0.05, 0.1) is 6.33 Å². The number of guanidine groups is 1. The van der Waals surface area contributed by atoms with Crippen LogP contribution < -0.4 is 5.32 Å². The van der Waals surface area contributed by atoms with Crippen molar-refractivity contribution in [2.45, 2.75) is 46.3 Å². The molecule has 0 amide bonds. The molecule has 0 unspecified atom stereocenters. The maximum atomic E-state index is 4.49. The summed E-state index contributed by atoms with van der Waals surface area (Å²) < 4.78 is 2.08. The summed E-state index contributed by atoms with van der Waals surface area (Å²) in [5.74, 6) is 0.976. The number of halogens is 1. The van der Waals surface area contributed by atoms with E-state index in [0.29, 0.717) is 5.41 Å². The Hall–Kier alpha value is -1.57. The van der Waals surface area contributed by atoms with E-state index in [1.165, 1.54) is 11.1 Å². The van der Waals surface area contributed by atoms with Crippen molar-refractivity contribution >= 4 is 29.9 Å². The SMILES string of the molecule is CN=C(NCc1cccc(Cn2ccnc2)c1)N1CC(C)(C)C1(C)C.I. The van der Waals surface area contributed by atoms with Crippen LogP contribution in [0.15, 0.2) is 48.0 Å². The fraction of sp³-hybridized carbons (Fsp3) is 0.500. The molecule has 0 aliphatic carbocycles. The van der Waals surface area contributed by atoms with Crippen LogP contribution in [0.25, 0.3) is 0 Å². The van der Waals surface area contributed by atoms with E-state index in [0.717, 1.165) is 25.6 Å². The lowest BCUT2D eigenvalue weighted by Gasteiger charge is -2.62. The molecule has 0 bridgehead atoms. The molecular formula is C20H30IN5. The number of nitrogens with one attached hydrogen (secondary N) is 1. The van der Waals surface area contributed by atoms with Gasteiger partial charge in [-0.05, 0) is 25.0 Å². The summed E-state index contributed by atoms with van der Waals surface area (Å²) in [7, 11) is 1.86. The van der Waals surface area contributed by atoms with Gasteiger partial charge >= 0.3 is 0 Å². The molecule has 3 rings (SSSR count). The minimum atomic E-state index is 0. The van der Waals surface area contributed by atoms with Gasteiger partial charge in [0.25, 0.3) is 0 Å². The van der Waals surface area contributed by atoms with E-state index in [-0.39, 0.29) is 29.5 Å². The van der Waals surface area contributed by atoms with E-state index in [1.54, 1.807) is 0 Å². The van der Waals surface area contributed by atoms with Crippen molar-refractivity contribution in [1.29, 1.82) is 0 Å². The lowest BCUT2D eigenvalue weighted by molar-refractivity contribution is -0.0667. The molecule has 1 aliphatic rings. The number of benzene rings is 1. The van der Waals surface area contributed by atoms with Crippen molar-refractivity contribution in [2.75, 3.05) is 13.6 Å². The molecule has 5 nitrogen and oxygen atoms in total. The van der Waals surface area contributed by atoms with E-state index in [9.17, 15) is 0 Å². The second kappa shape index (κ2) is 7.98. The average molecular weight is 467 g/mol. The van der Waals surface area contributed by atoms with E-state index in [2.05, 4.69) is 76.7 Å². The third-order valence-corrected chi connectivity index (χ3v) is 5.72. The summed E-state index contributed by atoms with van der Waals surface area (Å²) in [6, 6.07) is 8.66. The van der Waals surface area contributed by atoms with E-state index >= 15 is 0 Å². The highest BCUT2D eigenvalue weighted by Crippen LogP contribution is 2.46. The predicted octanol–water partition coefficient (Wildman–Crippen LogP) is 3.75. The zero-order valence-electron chi connectivity index (χ0n) is 16.4. The van der Waals surface area contributed by atoms with Gasteiger partial charge in [0.2, 0.25) is 0 Å². The van der Waals surface area contributed by atoms with Gasteiger partial charge in [0.15, 0.2) is 5.96 Å². The highest BCUT2D eigenvalue weighted by molar-refractivity contribution is 14.0. The van der Waals surface area contributed by atoms with Gasteiger partial charge in [0, 0.05) is 50.0 Å². The second-order valence-electron chi connectivity index (χ2n) is 7.98. The van der Waals surface area contributed by atoms with Crippen LogP contribution in [0.4, 0.5) is 0 Å². The number of likely N-dealkylation sites (tertiary alicyclic amines) is 1. The highest BCUT2D eigenvalue weighted by atomic mass is 127. The molecule has 1 fully saturated rings. The third-order valence-electron chi connectivity index (χ3n) is 5.72. The molecule has 2 heterocycles. The quantitative estimate of drug-likeness (QED) is 0.424. The molecule has 1 N–H and O–H groups in total. The summed E-state index contributed by atoms with van der Waals surface area (Å²) >= 11 is 0. The first-order valence-corrected chi connectivity index (χ1v) is 8.85. The standard InChI is InChI=1S/C20H29N5.HI/c1-19(2)14-25(20(19,3)4)18(21-5)23-12-16-7-6-8-17(11-16)13-24-10-9-22-15-24;/h6-11,15H,12-14H2,1-5H3,(H,21,23);1H. The number of nitrogens with zero attached hydrogens (tertiary/aromatic N) is 4. The topological polar surface area (TPSA) is 45.5 Å². The van der Waals surface area contributed by atoms with Crippen molar-refractivity contribution in [2.24, 2.45) is 10.4 Å². The molecule has 0 radical (unpaired) electrons. The van der Waals surface area contributed by atoms with E-state index < -0.39 is 0 Å². The summed E-state index contributed by atoms with van der Waals surface area (Å²) in [5.41, 5.74) is 2.95. The van der Waals surface area contributed by atoms with Gasteiger partial charge in [-0.15, -0.1) is 24.0 Å². The fourth-order valence-corrected chi connectivity index (χ4v) is 3.31. The smallest absolute Gasteiger partial charge is 0.194 e. The van der Waals surface area contributed by atoms with Gasteiger partial charge in [-0.3, -0.25) is 4.99 Å². The Labute approximate surface area is 173 Å². The normalized spacial score (nSPS) is 18.0. The van der Waals surface area contributed by atoms with Crippen molar-refractivity contribution < 1.29 is 0 Å². The fourth-order valence-electron chi connectivity index (χ4n) is 3.31. The summed E-state index contributed by atoms with van der Waals surface area (Å²) in [4.78, 5) is 11.0. The van der Waals surface area contributed by atoms with Gasteiger partial charge in [-0.25, -0.2) is 4.98 Å². The first-order chi connectivity index (χ1) is 11.8. The molecule has 0 saturated carbocycles. The highest BCUT2D eigenvalue weighted by Gasteiger charge is 2.53. The first kappa shape index (κ1) is 20.7. The van der Waals surface area contributed by atoms with Gasteiger partial charge in [-0.2, -0.15) is 0 Å². The van der Waals surface area contributed by atoms with Crippen LogP contribution in [0, 0.1) is 5.41 Å². The predicted molar refractivity (Wildman–Crippen MR) is 118 cm³/mol. The Kier molecular flexibility index (Phi) is 6.37. The Morgan fingerprint density at radius 2 is 1.96 bits per heavy atom. The molecule has 1 aromatic heterocycles. The zero-order valence-corrected chi connectivity index (χ0v) is 18.7. The third kappa shape index (κ3) is 4.05. The minimum Gasteiger partial charge on any atom is -0.352 e.